The van der Waals surface area contributed by atoms with Crippen LogP contribution < -0.4 is 5.32 Å². The summed E-state index contributed by atoms with van der Waals surface area (Å²) in [7, 11) is 1.53. The number of carbonyl (C=O) groups excluding carboxylic acids is 1. The average molecular weight is 318 g/mol. The number of nitrogens with zero attached hydrogens (tertiary/aromatic N) is 3. The van der Waals surface area contributed by atoms with E-state index in [-0.39, 0.29) is 17.6 Å². The molecule has 1 atom stereocenters. The molecule has 122 valence electrons. The minimum absolute atomic E-state index is 0.233. The average Bonchev–Trinajstić information content (AvgIpc) is 3.24. The van der Waals surface area contributed by atoms with Gasteiger partial charge in [-0.1, -0.05) is 0 Å². The normalized spacial score (nSPS) is 15.5. The van der Waals surface area contributed by atoms with Crippen molar-refractivity contribution in [1.82, 2.24) is 14.8 Å². The second-order valence-electron chi connectivity index (χ2n) is 5.81. The number of halogens is 1. The van der Waals surface area contributed by atoms with E-state index in [0.717, 1.165) is 12.8 Å². The maximum atomic E-state index is 13.3. The molecule has 3 rings (SSSR count). The van der Waals surface area contributed by atoms with E-state index in [1.807, 2.05) is 0 Å². The van der Waals surface area contributed by atoms with Crippen LogP contribution in [0.5, 0.6) is 0 Å². The summed E-state index contributed by atoms with van der Waals surface area (Å²) >= 11 is 0. The number of ether oxygens (including phenoxy) is 1. The largest absolute Gasteiger partial charge is 0.371 e. The number of amides is 1. The Kier molecular flexibility index (Phi) is 4.12. The number of aromatic nitrogens is 3. The van der Waals surface area contributed by atoms with Gasteiger partial charge < -0.3 is 4.74 Å². The SMILES string of the molecule is COC(C(=O)Nc1nc(C)nn1-c1ccc(F)cc1C)C1CC1. The molecule has 23 heavy (non-hydrogen) atoms. The second-order valence-corrected chi connectivity index (χ2v) is 5.81. The van der Waals surface area contributed by atoms with Gasteiger partial charge in [-0.15, -0.1) is 5.10 Å². The first-order valence-electron chi connectivity index (χ1n) is 7.53. The summed E-state index contributed by atoms with van der Waals surface area (Å²) < 4.78 is 20.1. The molecule has 0 radical (unpaired) electrons. The monoisotopic (exact) mass is 318 g/mol. The van der Waals surface area contributed by atoms with Gasteiger partial charge in [0.15, 0.2) is 0 Å². The molecule has 1 amide bonds. The summed E-state index contributed by atoms with van der Waals surface area (Å²) in [6.07, 6.45) is 1.51. The van der Waals surface area contributed by atoms with E-state index >= 15 is 0 Å². The van der Waals surface area contributed by atoms with Gasteiger partial charge in [0.25, 0.3) is 5.91 Å². The molecule has 1 fully saturated rings. The van der Waals surface area contributed by atoms with Crippen LogP contribution in [0.25, 0.3) is 5.69 Å². The first-order chi connectivity index (χ1) is 11.0. The highest BCUT2D eigenvalue weighted by Crippen LogP contribution is 2.34. The molecule has 7 heteroatoms. The highest BCUT2D eigenvalue weighted by molar-refractivity contribution is 5.93. The fourth-order valence-electron chi connectivity index (χ4n) is 2.61. The van der Waals surface area contributed by atoms with Crippen molar-refractivity contribution >= 4 is 11.9 Å². The van der Waals surface area contributed by atoms with Crippen LogP contribution in [-0.2, 0) is 9.53 Å². The lowest BCUT2D eigenvalue weighted by Gasteiger charge is -2.15. The molecule has 2 aromatic rings. The third-order valence-electron chi connectivity index (χ3n) is 3.90. The number of hydrogen-bond acceptors (Lipinski definition) is 4. The molecular weight excluding hydrogens is 299 g/mol. The number of aryl methyl sites for hydroxylation is 2. The number of carbonyl (C=O) groups is 1. The molecule has 1 aromatic heterocycles. The smallest absolute Gasteiger partial charge is 0.256 e. The molecule has 1 N–H and O–H groups in total. The summed E-state index contributed by atoms with van der Waals surface area (Å²) in [4.78, 5) is 16.6. The molecule has 0 saturated heterocycles. The zero-order chi connectivity index (χ0) is 16.6. The van der Waals surface area contributed by atoms with E-state index in [4.69, 9.17) is 4.74 Å². The maximum Gasteiger partial charge on any atom is 0.256 e. The van der Waals surface area contributed by atoms with Crippen molar-refractivity contribution in [2.45, 2.75) is 32.8 Å². The third kappa shape index (κ3) is 3.24. The fraction of sp³-hybridized carbons (Fsp3) is 0.438. The molecule has 1 heterocycles. The van der Waals surface area contributed by atoms with E-state index < -0.39 is 6.10 Å². The van der Waals surface area contributed by atoms with Crippen LogP contribution in [0, 0.1) is 25.6 Å². The Balaban J connectivity index is 1.90. The van der Waals surface area contributed by atoms with Crippen LogP contribution >= 0.6 is 0 Å². The van der Waals surface area contributed by atoms with Crippen molar-refractivity contribution in [1.29, 1.82) is 0 Å². The molecule has 0 bridgehead atoms. The number of hydrogen-bond donors (Lipinski definition) is 1. The Morgan fingerprint density at radius 3 is 2.78 bits per heavy atom. The van der Waals surface area contributed by atoms with E-state index in [9.17, 15) is 9.18 Å². The lowest BCUT2D eigenvalue weighted by atomic mass is 10.2. The summed E-state index contributed by atoms with van der Waals surface area (Å²) in [5, 5.41) is 7.07. The summed E-state index contributed by atoms with van der Waals surface area (Å²) in [5.41, 5.74) is 1.37. The zero-order valence-electron chi connectivity index (χ0n) is 13.3. The van der Waals surface area contributed by atoms with Crippen LogP contribution in [0.2, 0.25) is 0 Å². The lowest BCUT2D eigenvalue weighted by Crippen LogP contribution is -2.32. The van der Waals surface area contributed by atoms with Crippen LogP contribution in [0.3, 0.4) is 0 Å². The molecule has 6 nitrogen and oxygen atoms in total. The minimum atomic E-state index is -0.477. The Bertz CT molecular complexity index is 740. The number of rotatable bonds is 5. The lowest BCUT2D eigenvalue weighted by molar-refractivity contribution is -0.126. The van der Waals surface area contributed by atoms with Crippen LogP contribution in [0.15, 0.2) is 18.2 Å². The summed E-state index contributed by atoms with van der Waals surface area (Å²) in [6.45, 7) is 3.52. The van der Waals surface area contributed by atoms with Crippen molar-refractivity contribution in [3.63, 3.8) is 0 Å². The Labute approximate surface area is 133 Å². The second kappa shape index (κ2) is 6.08. The van der Waals surface area contributed by atoms with Gasteiger partial charge in [-0.25, -0.2) is 4.39 Å². The predicted molar refractivity (Wildman–Crippen MR) is 82.9 cm³/mol. The number of anilines is 1. The molecule has 1 aliphatic rings. The van der Waals surface area contributed by atoms with Gasteiger partial charge in [0.1, 0.15) is 17.7 Å². The first-order valence-corrected chi connectivity index (χ1v) is 7.53. The fourth-order valence-corrected chi connectivity index (χ4v) is 2.61. The Hall–Kier alpha value is -2.28. The highest BCUT2D eigenvalue weighted by atomic mass is 19.1. The molecule has 1 unspecified atom stereocenters. The molecule has 1 aliphatic carbocycles. The van der Waals surface area contributed by atoms with Crippen molar-refractivity contribution in [3.8, 4) is 5.69 Å². The van der Waals surface area contributed by atoms with Crippen molar-refractivity contribution in [2.75, 3.05) is 12.4 Å². The van der Waals surface area contributed by atoms with E-state index in [2.05, 4.69) is 15.4 Å². The number of nitrogens with one attached hydrogen (secondary N) is 1. The van der Waals surface area contributed by atoms with Gasteiger partial charge in [0.05, 0.1) is 5.69 Å². The summed E-state index contributed by atoms with van der Waals surface area (Å²) in [5.74, 6) is 0.546. The molecule has 1 saturated carbocycles. The van der Waals surface area contributed by atoms with E-state index in [1.165, 1.54) is 23.9 Å². The van der Waals surface area contributed by atoms with E-state index in [1.54, 1.807) is 19.9 Å². The van der Waals surface area contributed by atoms with Crippen LogP contribution in [0.1, 0.15) is 24.2 Å². The predicted octanol–water partition coefficient (Wildman–Crippen LogP) is 2.39. The Morgan fingerprint density at radius 2 is 2.17 bits per heavy atom. The van der Waals surface area contributed by atoms with E-state index in [0.29, 0.717) is 23.0 Å². The maximum absolute atomic E-state index is 13.3. The highest BCUT2D eigenvalue weighted by Gasteiger charge is 2.37. The van der Waals surface area contributed by atoms with Gasteiger partial charge in [0.2, 0.25) is 5.95 Å². The quantitative estimate of drug-likeness (QED) is 0.919. The van der Waals surface area contributed by atoms with Gasteiger partial charge in [-0.3, -0.25) is 10.1 Å². The number of methoxy groups -OCH3 is 1. The van der Waals surface area contributed by atoms with Crippen molar-refractivity contribution < 1.29 is 13.9 Å². The standard InChI is InChI=1S/C16H19FN4O2/c1-9-8-12(17)6-7-13(9)21-16(18-10(2)20-21)19-15(22)14(23-3)11-4-5-11/h6-8,11,14H,4-5H2,1-3H3,(H,18,19,20,22). The Morgan fingerprint density at radius 1 is 1.43 bits per heavy atom. The molecule has 0 spiro atoms. The van der Waals surface area contributed by atoms with Crippen LogP contribution in [0.4, 0.5) is 10.3 Å². The third-order valence-corrected chi connectivity index (χ3v) is 3.90. The van der Waals surface area contributed by atoms with Gasteiger partial charge in [0, 0.05) is 7.11 Å². The van der Waals surface area contributed by atoms with Gasteiger partial charge in [-0.2, -0.15) is 9.67 Å². The first kappa shape index (κ1) is 15.6. The topological polar surface area (TPSA) is 69.0 Å². The van der Waals surface area contributed by atoms with Gasteiger partial charge in [-0.05, 0) is 56.4 Å². The molecule has 0 aliphatic heterocycles. The molecule has 1 aromatic carbocycles. The zero-order valence-corrected chi connectivity index (χ0v) is 13.3. The van der Waals surface area contributed by atoms with Gasteiger partial charge >= 0.3 is 0 Å². The minimum Gasteiger partial charge on any atom is -0.371 e. The number of benzene rings is 1. The molecular formula is C16H19FN4O2. The van der Waals surface area contributed by atoms with Crippen molar-refractivity contribution in [2.24, 2.45) is 5.92 Å². The van der Waals surface area contributed by atoms with Crippen molar-refractivity contribution in [3.05, 3.63) is 35.4 Å². The van der Waals surface area contributed by atoms with Crippen LogP contribution in [-0.4, -0.2) is 33.9 Å². The summed E-state index contributed by atoms with van der Waals surface area (Å²) in [6, 6.07) is 4.39.